The molecule has 1 aliphatic heterocycles. The van der Waals surface area contributed by atoms with Crippen LogP contribution in [0.1, 0.15) is 37.1 Å². The van der Waals surface area contributed by atoms with Crippen molar-refractivity contribution in [3.8, 4) is 5.95 Å². The third-order valence-corrected chi connectivity index (χ3v) is 4.22. The molecule has 1 fully saturated rings. The summed E-state index contributed by atoms with van der Waals surface area (Å²) < 4.78 is 1.32. The van der Waals surface area contributed by atoms with E-state index in [9.17, 15) is 14.4 Å². The average molecular weight is 358 g/mol. The Balaban J connectivity index is 1.82. The fourth-order valence-electron chi connectivity index (χ4n) is 3.00. The molecule has 1 saturated heterocycles. The Hall–Kier alpha value is -2.97. The summed E-state index contributed by atoms with van der Waals surface area (Å²) in [5, 5.41) is 6.84. The first-order valence-electron chi connectivity index (χ1n) is 8.69. The largest absolute Gasteiger partial charge is 0.334 e. The Labute approximate surface area is 150 Å². The maximum absolute atomic E-state index is 12.4. The van der Waals surface area contributed by atoms with Gasteiger partial charge in [-0.3, -0.25) is 19.4 Å². The standard InChI is InChI=1S/C17H22N6O3/c1-11-10-14(24)20-17(18-11)23-13(9-12(2)21-23)19-15(25)16(26)22-7-5-3-4-6-8-22/h9-10H,3-8H2,1-2H3,(H,19,25)(H,18,20,24). The fraction of sp³-hybridized carbons (Fsp3) is 0.471. The molecule has 0 bridgehead atoms. The summed E-state index contributed by atoms with van der Waals surface area (Å²) in [4.78, 5) is 44.9. The van der Waals surface area contributed by atoms with Crippen LogP contribution in [0.15, 0.2) is 16.9 Å². The number of carbonyl (C=O) groups excluding carboxylic acids is 2. The third kappa shape index (κ3) is 3.98. The molecule has 2 aromatic heterocycles. The predicted octanol–water partition coefficient (Wildman–Crippen LogP) is 0.914. The van der Waals surface area contributed by atoms with Crippen molar-refractivity contribution in [1.82, 2.24) is 24.6 Å². The Morgan fingerprint density at radius 3 is 2.42 bits per heavy atom. The number of aryl methyl sites for hydroxylation is 2. The molecule has 26 heavy (non-hydrogen) atoms. The van der Waals surface area contributed by atoms with E-state index in [0.29, 0.717) is 24.5 Å². The van der Waals surface area contributed by atoms with E-state index in [1.807, 2.05) is 0 Å². The van der Waals surface area contributed by atoms with Crippen molar-refractivity contribution in [3.05, 3.63) is 33.9 Å². The number of hydrogen-bond donors (Lipinski definition) is 2. The van der Waals surface area contributed by atoms with E-state index in [1.165, 1.54) is 10.7 Å². The lowest BCUT2D eigenvalue weighted by Crippen LogP contribution is -2.40. The summed E-state index contributed by atoms with van der Waals surface area (Å²) in [6, 6.07) is 2.98. The maximum atomic E-state index is 12.4. The van der Waals surface area contributed by atoms with Crippen LogP contribution in [0, 0.1) is 13.8 Å². The molecule has 0 saturated carbocycles. The normalized spacial score (nSPS) is 14.8. The number of nitrogens with zero attached hydrogens (tertiary/aromatic N) is 4. The van der Waals surface area contributed by atoms with E-state index in [0.717, 1.165) is 25.7 Å². The van der Waals surface area contributed by atoms with Gasteiger partial charge in [0.05, 0.1) is 5.69 Å². The Kier molecular flexibility index (Phi) is 5.15. The van der Waals surface area contributed by atoms with Crippen molar-refractivity contribution >= 4 is 17.6 Å². The van der Waals surface area contributed by atoms with Gasteiger partial charge in [0.15, 0.2) is 0 Å². The molecule has 3 rings (SSSR count). The summed E-state index contributed by atoms with van der Waals surface area (Å²) >= 11 is 0. The highest BCUT2D eigenvalue weighted by Gasteiger charge is 2.24. The van der Waals surface area contributed by atoms with Gasteiger partial charge in [-0.25, -0.2) is 4.98 Å². The minimum atomic E-state index is -0.719. The van der Waals surface area contributed by atoms with Gasteiger partial charge in [0, 0.05) is 30.9 Å². The van der Waals surface area contributed by atoms with Crippen molar-refractivity contribution in [2.75, 3.05) is 18.4 Å². The summed E-state index contributed by atoms with van der Waals surface area (Å²) in [5.41, 5.74) is 0.820. The molecule has 9 nitrogen and oxygen atoms in total. The number of likely N-dealkylation sites (tertiary alicyclic amines) is 1. The van der Waals surface area contributed by atoms with E-state index in [2.05, 4.69) is 20.4 Å². The van der Waals surface area contributed by atoms with Crippen LogP contribution >= 0.6 is 0 Å². The molecule has 9 heteroatoms. The topological polar surface area (TPSA) is 113 Å². The number of H-pyrrole nitrogens is 1. The van der Waals surface area contributed by atoms with Gasteiger partial charge in [-0.05, 0) is 26.7 Å². The molecular weight excluding hydrogens is 336 g/mol. The van der Waals surface area contributed by atoms with Crippen LogP contribution in [0.2, 0.25) is 0 Å². The van der Waals surface area contributed by atoms with E-state index >= 15 is 0 Å². The highest BCUT2D eigenvalue weighted by molar-refractivity contribution is 6.39. The molecular formula is C17H22N6O3. The second-order valence-electron chi connectivity index (χ2n) is 6.45. The molecule has 3 heterocycles. The molecule has 0 aromatic carbocycles. The van der Waals surface area contributed by atoms with Crippen LogP contribution in [0.5, 0.6) is 0 Å². The second kappa shape index (κ2) is 7.51. The number of amides is 2. The SMILES string of the molecule is Cc1cc(=O)[nH]c(-n2nc(C)cc2NC(=O)C(=O)N2CCCCCC2)n1. The minimum Gasteiger partial charge on any atom is -0.334 e. The molecule has 2 aromatic rings. The molecule has 0 atom stereocenters. The zero-order chi connectivity index (χ0) is 18.7. The summed E-state index contributed by atoms with van der Waals surface area (Å²) in [6.45, 7) is 4.63. The van der Waals surface area contributed by atoms with Gasteiger partial charge in [-0.15, -0.1) is 0 Å². The number of aromatic amines is 1. The molecule has 0 radical (unpaired) electrons. The third-order valence-electron chi connectivity index (χ3n) is 4.22. The Morgan fingerprint density at radius 2 is 1.77 bits per heavy atom. The number of rotatable bonds is 2. The number of hydrogen-bond acceptors (Lipinski definition) is 5. The van der Waals surface area contributed by atoms with Gasteiger partial charge < -0.3 is 10.2 Å². The van der Waals surface area contributed by atoms with E-state index < -0.39 is 11.8 Å². The van der Waals surface area contributed by atoms with Gasteiger partial charge in [0.2, 0.25) is 5.95 Å². The van der Waals surface area contributed by atoms with Gasteiger partial charge in [-0.2, -0.15) is 9.78 Å². The lowest BCUT2D eigenvalue weighted by molar-refractivity contribution is -0.143. The zero-order valence-electron chi connectivity index (χ0n) is 14.9. The van der Waals surface area contributed by atoms with Crippen molar-refractivity contribution in [3.63, 3.8) is 0 Å². The van der Waals surface area contributed by atoms with Crippen LogP contribution in [-0.4, -0.2) is 49.6 Å². The van der Waals surface area contributed by atoms with Gasteiger partial charge in [0.25, 0.3) is 5.56 Å². The van der Waals surface area contributed by atoms with E-state index in [1.54, 1.807) is 24.8 Å². The smallest absolute Gasteiger partial charge is 0.315 e. The van der Waals surface area contributed by atoms with Gasteiger partial charge in [0.1, 0.15) is 5.82 Å². The van der Waals surface area contributed by atoms with Crippen molar-refractivity contribution in [2.45, 2.75) is 39.5 Å². The van der Waals surface area contributed by atoms with Crippen LogP contribution in [0.3, 0.4) is 0 Å². The lowest BCUT2D eigenvalue weighted by Gasteiger charge is -2.19. The molecule has 2 amide bonds. The minimum absolute atomic E-state index is 0.181. The van der Waals surface area contributed by atoms with Crippen molar-refractivity contribution in [2.24, 2.45) is 0 Å². The molecule has 0 spiro atoms. The van der Waals surface area contributed by atoms with Crippen LogP contribution in [0.4, 0.5) is 5.82 Å². The summed E-state index contributed by atoms with van der Waals surface area (Å²) in [6.07, 6.45) is 3.96. The van der Waals surface area contributed by atoms with Crippen LogP contribution < -0.4 is 10.9 Å². The lowest BCUT2D eigenvalue weighted by atomic mass is 10.2. The maximum Gasteiger partial charge on any atom is 0.315 e. The van der Waals surface area contributed by atoms with Crippen LogP contribution in [-0.2, 0) is 9.59 Å². The number of nitrogens with one attached hydrogen (secondary N) is 2. The first kappa shape index (κ1) is 17.8. The zero-order valence-corrected chi connectivity index (χ0v) is 14.9. The molecule has 2 N–H and O–H groups in total. The van der Waals surface area contributed by atoms with Crippen molar-refractivity contribution < 1.29 is 9.59 Å². The molecule has 138 valence electrons. The number of carbonyl (C=O) groups is 2. The molecule has 1 aliphatic rings. The van der Waals surface area contributed by atoms with Crippen LogP contribution in [0.25, 0.3) is 5.95 Å². The van der Waals surface area contributed by atoms with Crippen molar-refractivity contribution in [1.29, 1.82) is 0 Å². The molecule has 0 unspecified atom stereocenters. The highest BCUT2D eigenvalue weighted by atomic mass is 16.2. The fourth-order valence-corrected chi connectivity index (χ4v) is 3.00. The number of anilines is 1. The van der Waals surface area contributed by atoms with Gasteiger partial charge >= 0.3 is 11.8 Å². The quantitative estimate of drug-likeness (QED) is 0.775. The van der Waals surface area contributed by atoms with Gasteiger partial charge in [-0.1, -0.05) is 12.8 Å². The summed E-state index contributed by atoms with van der Waals surface area (Å²) in [5.74, 6) is -0.809. The van der Waals surface area contributed by atoms with E-state index in [-0.39, 0.29) is 17.3 Å². The molecule has 0 aliphatic carbocycles. The Morgan fingerprint density at radius 1 is 1.08 bits per heavy atom. The predicted molar refractivity (Wildman–Crippen MR) is 95.1 cm³/mol. The second-order valence-corrected chi connectivity index (χ2v) is 6.45. The first-order valence-corrected chi connectivity index (χ1v) is 8.69. The monoisotopic (exact) mass is 358 g/mol. The number of aromatic nitrogens is 4. The first-order chi connectivity index (χ1) is 12.4. The Bertz CT molecular complexity index is 877. The van der Waals surface area contributed by atoms with E-state index in [4.69, 9.17) is 0 Å². The summed E-state index contributed by atoms with van der Waals surface area (Å²) in [7, 11) is 0. The highest BCUT2D eigenvalue weighted by Crippen LogP contribution is 2.15. The average Bonchev–Trinajstić information content (AvgIpc) is 2.79.